The summed E-state index contributed by atoms with van der Waals surface area (Å²) in [5.74, 6) is -0.828. The van der Waals surface area contributed by atoms with E-state index in [0.717, 1.165) is 0 Å². The minimum absolute atomic E-state index is 0.0127. The molecule has 1 rings (SSSR count). The number of carbonyl (C=O) groups excluding carboxylic acids is 2. The lowest BCUT2D eigenvalue weighted by atomic mass is 10.1. The number of pyridine rings is 1. The van der Waals surface area contributed by atoms with E-state index in [0.29, 0.717) is 5.56 Å². The Labute approximate surface area is 75.8 Å². The standard InChI is InChI=1S/C9H9N2O2/c10-9(13)2-1-8(12)7-3-5-11-6-4-7/h3-6,10H,1-2H2. The van der Waals surface area contributed by atoms with Gasteiger partial charge in [0.2, 0.25) is 5.91 Å². The van der Waals surface area contributed by atoms with Crippen LogP contribution in [0.2, 0.25) is 0 Å². The number of amides is 1. The summed E-state index contributed by atoms with van der Waals surface area (Å²) >= 11 is 0. The molecule has 0 fully saturated rings. The van der Waals surface area contributed by atoms with E-state index < -0.39 is 5.91 Å². The molecule has 0 atom stereocenters. The Hall–Kier alpha value is -1.71. The molecule has 4 heteroatoms. The van der Waals surface area contributed by atoms with Crippen LogP contribution in [0.3, 0.4) is 0 Å². The molecule has 1 radical (unpaired) electrons. The molecule has 4 nitrogen and oxygen atoms in total. The molecule has 13 heavy (non-hydrogen) atoms. The monoisotopic (exact) mass is 177 g/mol. The van der Waals surface area contributed by atoms with E-state index in [1.54, 1.807) is 12.1 Å². The molecule has 0 bridgehead atoms. The molecule has 1 aromatic rings. The zero-order valence-corrected chi connectivity index (χ0v) is 6.99. The third kappa shape index (κ3) is 3.02. The normalized spacial score (nSPS) is 9.54. The van der Waals surface area contributed by atoms with Gasteiger partial charge in [0.1, 0.15) is 0 Å². The molecule has 0 spiro atoms. The van der Waals surface area contributed by atoms with Crippen molar-refractivity contribution < 1.29 is 9.59 Å². The van der Waals surface area contributed by atoms with Gasteiger partial charge in [-0.3, -0.25) is 20.3 Å². The topological polar surface area (TPSA) is 70.8 Å². The summed E-state index contributed by atoms with van der Waals surface area (Å²) in [4.78, 5) is 25.3. The first-order chi connectivity index (χ1) is 6.20. The second-order valence-corrected chi connectivity index (χ2v) is 2.58. The molecule has 67 valence electrons. The predicted molar refractivity (Wildman–Crippen MR) is 45.9 cm³/mol. The maximum Gasteiger partial charge on any atom is 0.238 e. The Balaban J connectivity index is 2.54. The van der Waals surface area contributed by atoms with E-state index in [4.69, 9.17) is 5.73 Å². The molecule has 1 N–H and O–H groups in total. The van der Waals surface area contributed by atoms with Crippen molar-refractivity contribution in [1.29, 1.82) is 0 Å². The molecule has 1 heterocycles. The highest BCUT2D eigenvalue weighted by atomic mass is 16.1. The van der Waals surface area contributed by atoms with Crippen LogP contribution in [0.1, 0.15) is 23.2 Å². The highest BCUT2D eigenvalue weighted by molar-refractivity contribution is 5.97. The van der Waals surface area contributed by atoms with Crippen LogP contribution in [-0.4, -0.2) is 16.7 Å². The van der Waals surface area contributed by atoms with Crippen LogP contribution in [0.15, 0.2) is 24.5 Å². The molecule has 0 saturated carbocycles. The second kappa shape index (κ2) is 4.35. The highest BCUT2D eigenvalue weighted by Gasteiger charge is 2.06. The molecule has 0 saturated heterocycles. The fourth-order valence-corrected chi connectivity index (χ4v) is 0.909. The van der Waals surface area contributed by atoms with Gasteiger partial charge in [-0.2, -0.15) is 0 Å². The van der Waals surface area contributed by atoms with E-state index >= 15 is 0 Å². The summed E-state index contributed by atoms with van der Waals surface area (Å²) in [5.41, 5.74) is 7.17. The van der Waals surface area contributed by atoms with E-state index in [-0.39, 0.29) is 18.6 Å². The molecule has 1 amide bonds. The van der Waals surface area contributed by atoms with Crippen LogP contribution < -0.4 is 5.73 Å². The van der Waals surface area contributed by atoms with E-state index in [1.165, 1.54) is 12.4 Å². The zero-order valence-electron chi connectivity index (χ0n) is 6.99. The molecule has 0 unspecified atom stereocenters. The largest absolute Gasteiger partial charge is 0.294 e. The minimum Gasteiger partial charge on any atom is -0.294 e. The molecule has 1 aromatic heterocycles. The van der Waals surface area contributed by atoms with Gasteiger partial charge in [-0.05, 0) is 12.1 Å². The third-order valence-corrected chi connectivity index (χ3v) is 1.58. The molecular weight excluding hydrogens is 168 g/mol. The van der Waals surface area contributed by atoms with Crippen LogP contribution in [0.4, 0.5) is 0 Å². The summed E-state index contributed by atoms with van der Waals surface area (Å²) in [6.45, 7) is 0. The van der Waals surface area contributed by atoms with Crippen LogP contribution in [0, 0.1) is 0 Å². The van der Waals surface area contributed by atoms with Gasteiger partial charge in [0.05, 0.1) is 0 Å². The highest BCUT2D eigenvalue weighted by Crippen LogP contribution is 2.03. The van der Waals surface area contributed by atoms with Gasteiger partial charge in [-0.25, -0.2) is 0 Å². The van der Waals surface area contributed by atoms with Gasteiger partial charge >= 0.3 is 0 Å². The minimum atomic E-state index is -0.706. The maximum atomic E-state index is 11.3. The van der Waals surface area contributed by atoms with Crippen LogP contribution >= 0.6 is 0 Å². The number of carbonyl (C=O) groups is 2. The van der Waals surface area contributed by atoms with Crippen molar-refractivity contribution in [2.45, 2.75) is 12.8 Å². The summed E-state index contributed by atoms with van der Waals surface area (Å²) in [6.07, 6.45) is 3.14. The zero-order chi connectivity index (χ0) is 9.68. The van der Waals surface area contributed by atoms with Gasteiger partial charge in [-0.1, -0.05) is 0 Å². The Bertz CT molecular complexity index is 309. The molecule has 0 aliphatic heterocycles. The van der Waals surface area contributed by atoms with Crippen molar-refractivity contribution in [3.8, 4) is 0 Å². The fraction of sp³-hybridized carbons (Fsp3) is 0.222. The van der Waals surface area contributed by atoms with Gasteiger partial charge in [0.25, 0.3) is 0 Å². The SMILES string of the molecule is [NH]C(=O)CCC(=O)c1ccncc1. The number of hydrogen-bond donors (Lipinski definition) is 0. The quantitative estimate of drug-likeness (QED) is 0.640. The Morgan fingerprint density at radius 1 is 1.23 bits per heavy atom. The van der Waals surface area contributed by atoms with Crippen molar-refractivity contribution in [2.75, 3.05) is 0 Å². The summed E-state index contributed by atoms with van der Waals surface area (Å²) in [6, 6.07) is 3.19. The Kier molecular flexibility index (Phi) is 3.14. The van der Waals surface area contributed by atoms with Crippen LogP contribution in [0.5, 0.6) is 0 Å². The summed E-state index contributed by atoms with van der Waals surface area (Å²) < 4.78 is 0. The number of Topliss-reactive ketones (excluding diaryl/α,β-unsaturated/α-hetero) is 1. The van der Waals surface area contributed by atoms with Crippen LogP contribution in [-0.2, 0) is 4.79 Å². The molecule has 0 aromatic carbocycles. The number of nitrogens with zero attached hydrogens (tertiary/aromatic N) is 1. The number of aromatic nitrogens is 1. The van der Waals surface area contributed by atoms with Gasteiger partial charge in [0, 0.05) is 30.8 Å². The summed E-state index contributed by atoms with van der Waals surface area (Å²) in [5, 5.41) is 0. The average Bonchev–Trinajstić information content (AvgIpc) is 2.15. The van der Waals surface area contributed by atoms with Gasteiger partial charge in [-0.15, -0.1) is 0 Å². The predicted octanol–water partition coefficient (Wildman–Crippen LogP) is 0.854. The molecular formula is C9H9N2O2. The van der Waals surface area contributed by atoms with Crippen molar-refractivity contribution in [3.05, 3.63) is 30.1 Å². The van der Waals surface area contributed by atoms with E-state index in [9.17, 15) is 9.59 Å². The first-order valence-electron chi connectivity index (χ1n) is 3.88. The van der Waals surface area contributed by atoms with E-state index in [1.807, 2.05) is 0 Å². The van der Waals surface area contributed by atoms with E-state index in [2.05, 4.69) is 4.98 Å². The Morgan fingerprint density at radius 3 is 2.38 bits per heavy atom. The van der Waals surface area contributed by atoms with Crippen molar-refractivity contribution in [2.24, 2.45) is 0 Å². The third-order valence-electron chi connectivity index (χ3n) is 1.58. The van der Waals surface area contributed by atoms with Crippen molar-refractivity contribution in [3.63, 3.8) is 0 Å². The van der Waals surface area contributed by atoms with Crippen molar-refractivity contribution >= 4 is 11.7 Å². The first kappa shape index (κ1) is 9.38. The van der Waals surface area contributed by atoms with Crippen LogP contribution in [0.25, 0.3) is 0 Å². The number of hydrogen-bond acceptors (Lipinski definition) is 3. The lowest BCUT2D eigenvalue weighted by Gasteiger charge is -1.96. The second-order valence-electron chi connectivity index (χ2n) is 2.58. The molecule has 0 aliphatic carbocycles. The number of nitrogens with one attached hydrogen (secondary N) is 1. The first-order valence-corrected chi connectivity index (χ1v) is 3.88. The van der Waals surface area contributed by atoms with Gasteiger partial charge in [0.15, 0.2) is 5.78 Å². The molecule has 0 aliphatic rings. The van der Waals surface area contributed by atoms with Crippen molar-refractivity contribution in [1.82, 2.24) is 10.7 Å². The Morgan fingerprint density at radius 2 is 1.85 bits per heavy atom. The lowest BCUT2D eigenvalue weighted by Crippen LogP contribution is -2.04. The average molecular weight is 177 g/mol. The number of ketones is 1. The van der Waals surface area contributed by atoms with Gasteiger partial charge < -0.3 is 0 Å². The lowest BCUT2D eigenvalue weighted by molar-refractivity contribution is -0.118. The number of rotatable bonds is 4. The maximum absolute atomic E-state index is 11.3. The summed E-state index contributed by atoms with van der Waals surface area (Å²) in [7, 11) is 0. The fourth-order valence-electron chi connectivity index (χ4n) is 0.909. The smallest absolute Gasteiger partial charge is 0.238 e.